The zero-order chi connectivity index (χ0) is 14.2. The van der Waals surface area contributed by atoms with Gasteiger partial charge in [0.05, 0.1) is 0 Å². The summed E-state index contributed by atoms with van der Waals surface area (Å²) in [5, 5.41) is 3.63. The predicted octanol–water partition coefficient (Wildman–Crippen LogP) is 4.86. The van der Waals surface area contributed by atoms with Gasteiger partial charge in [-0.05, 0) is 93.0 Å². The Morgan fingerprint density at radius 2 is 1.85 bits per heavy atom. The van der Waals surface area contributed by atoms with Crippen LogP contribution in [0.25, 0.3) is 0 Å². The molecular formula is C19H35N. The smallest absolute Gasteiger partial charge is 0.00180 e. The molecule has 1 heteroatoms. The first-order chi connectivity index (χ1) is 9.57. The Bertz CT molecular complexity index is 322. The van der Waals surface area contributed by atoms with Crippen LogP contribution in [-0.2, 0) is 0 Å². The van der Waals surface area contributed by atoms with E-state index >= 15 is 0 Å². The van der Waals surface area contributed by atoms with E-state index in [1.807, 2.05) is 0 Å². The maximum absolute atomic E-state index is 3.63. The fourth-order valence-corrected chi connectivity index (χ4v) is 5.72. The van der Waals surface area contributed by atoms with Crippen molar-refractivity contribution in [2.24, 2.45) is 35.0 Å². The van der Waals surface area contributed by atoms with Gasteiger partial charge in [-0.1, -0.05) is 27.2 Å². The Balaban J connectivity index is 1.60. The van der Waals surface area contributed by atoms with Gasteiger partial charge in [0.25, 0.3) is 0 Å². The molecule has 0 aromatic rings. The molecule has 0 aromatic carbocycles. The Hall–Kier alpha value is -0.0400. The molecule has 1 N–H and O–H groups in total. The van der Waals surface area contributed by atoms with Gasteiger partial charge in [-0.2, -0.15) is 0 Å². The fourth-order valence-electron chi connectivity index (χ4n) is 5.72. The number of rotatable bonds is 5. The van der Waals surface area contributed by atoms with Crippen molar-refractivity contribution >= 4 is 0 Å². The molecule has 5 unspecified atom stereocenters. The van der Waals surface area contributed by atoms with Crippen molar-refractivity contribution in [2.75, 3.05) is 13.1 Å². The summed E-state index contributed by atoms with van der Waals surface area (Å²) in [6.07, 6.45) is 12.2. The highest BCUT2D eigenvalue weighted by Gasteiger charge is 2.43. The van der Waals surface area contributed by atoms with Crippen molar-refractivity contribution in [3.05, 3.63) is 0 Å². The molecule has 3 saturated carbocycles. The maximum atomic E-state index is 3.63. The van der Waals surface area contributed by atoms with E-state index in [0.29, 0.717) is 5.41 Å². The fraction of sp³-hybridized carbons (Fsp3) is 1.00. The van der Waals surface area contributed by atoms with Crippen LogP contribution in [0.2, 0.25) is 0 Å². The lowest BCUT2D eigenvalue weighted by atomic mass is 9.64. The molecule has 0 radical (unpaired) electrons. The normalized spacial score (nSPS) is 43.0. The predicted molar refractivity (Wildman–Crippen MR) is 86.7 cm³/mol. The summed E-state index contributed by atoms with van der Waals surface area (Å²) in [5.74, 6) is 5.29. The van der Waals surface area contributed by atoms with Crippen molar-refractivity contribution in [1.82, 2.24) is 5.32 Å². The van der Waals surface area contributed by atoms with E-state index in [1.165, 1.54) is 25.8 Å². The minimum atomic E-state index is 0.602. The van der Waals surface area contributed by atoms with Crippen LogP contribution in [0, 0.1) is 35.0 Å². The van der Waals surface area contributed by atoms with Crippen LogP contribution in [0.15, 0.2) is 0 Å². The molecule has 3 rings (SSSR count). The van der Waals surface area contributed by atoms with Gasteiger partial charge in [-0.15, -0.1) is 0 Å². The summed E-state index contributed by atoms with van der Waals surface area (Å²) in [6, 6.07) is 0. The number of fused-ring (bicyclic) bond motifs is 2. The van der Waals surface area contributed by atoms with Gasteiger partial charge in [0.2, 0.25) is 0 Å². The largest absolute Gasteiger partial charge is 0.317 e. The van der Waals surface area contributed by atoms with E-state index in [0.717, 1.165) is 36.1 Å². The monoisotopic (exact) mass is 277 g/mol. The second-order valence-electron chi connectivity index (χ2n) is 8.91. The number of nitrogens with one attached hydrogen (secondary N) is 1. The minimum Gasteiger partial charge on any atom is -0.317 e. The third kappa shape index (κ3) is 3.24. The zero-order valence-corrected chi connectivity index (χ0v) is 14.0. The van der Waals surface area contributed by atoms with Crippen LogP contribution >= 0.6 is 0 Å². The van der Waals surface area contributed by atoms with Gasteiger partial charge in [-0.25, -0.2) is 0 Å². The molecule has 0 heterocycles. The summed E-state index contributed by atoms with van der Waals surface area (Å²) in [6.45, 7) is 9.67. The van der Waals surface area contributed by atoms with E-state index in [4.69, 9.17) is 0 Å². The third-order valence-electron chi connectivity index (χ3n) is 6.82. The van der Waals surface area contributed by atoms with E-state index in [9.17, 15) is 0 Å². The molecule has 2 bridgehead atoms. The Kier molecular flexibility index (Phi) is 4.45. The highest BCUT2D eigenvalue weighted by Crippen LogP contribution is 2.53. The van der Waals surface area contributed by atoms with Gasteiger partial charge < -0.3 is 5.32 Å². The molecule has 3 fully saturated rings. The lowest BCUT2D eigenvalue weighted by Gasteiger charge is -2.43. The Labute approximate surface area is 126 Å². The molecule has 3 aliphatic rings. The maximum Gasteiger partial charge on any atom is -0.00180 e. The average Bonchev–Trinajstić information content (AvgIpc) is 2.99. The van der Waals surface area contributed by atoms with E-state index in [2.05, 4.69) is 26.1 Å². The number of hydrogen-bond donors (Lipinski definition) is 1. The SMILES string of the molecule is CCNCC1CCC(C)(C)CC1CC1CC2CCC1C2. The second-order valence-corrected chi connectivity index (χ2v) is 8.91. The molecule has 0 aliphatic heterocycles. The second kappa shape index (κ2) is 5.99. The summed E-state index contributed by atoms with van der Waals surface area (Å²) in [4.78, 5) is 0. The molecule has 0 spiro atoms. The first-order valence-corrected chi connectivity index (χ1v) is 9.28. The van der Waals surface area contributed by atoms with E-state index in [-0.39, 0.29) is 0 Å². The Morgan fingerprint density at radius 1 is 1.00 bits per heavy atom. The van der Waals surface area contributed by atoms with Crippen LogP contribution in [0.5, 0.6) is 0 Å². The van der Waals surface area contributed by atoms with Gasteiger partial charge in [0.15, 0.2) is 0 Å². The molecular weight excluding hydrogens is 242 g/mol. The van der Waals surface area contributed by atoms with Crippen molar-refractivity contribution in [1.29, 1.82) is 0 Å². The quantitative estimate of drug-likeness (QED) is 0.756. The van der Waals surface area contributed by atoms with E-state index < -0.39 is 0 Å². The molecule has 3 aliphatic carbocycles. The molecule has 0 saturated heterocycles. The van der Waals surface area contributed by atoms with Crippen LogP contribution in [0.3, 0.4) is 0 Å². The zero-order valence-electron chi connectivity index (χ0n) is 14.0. The summed E-state index contributed by atoms with van der Waals surface area (Å²) in [5.41, 5.74) is 0.602. The molecule has 20 heavy (non-hydrogen) atoms. The summed E-state index contributed by atoms with van der Waals surface area (Å²) >= 11 is 0. The molecule has 116 valence electrons. The standard InChI is InChI=1S/C19H35N/c1-4-20-13-16-7-8-19(2,3)12-18(16)11-17-10-14-5-6-15(17)9-14/h14-18,20H,4-13H2,1-3H3. The number of hydrogen-bond acceptors (Lipinski definition) is 1. The third-order valence-corrected chi connectivity index (χ3v) is 6.82. The highest BCUT2D eigenvalue weighted by atomic mass is 14.8. The lowest BCUT2D eigenvalue weighted by molar-refractivity contribution is 0.0877. The first-order valence-electron chi connectivity index (χ1n) is 9.28. The molecule has 0 aromatic heterocycles. The van der Waals surface area contributed by atoms with Crippen molar-refractivity contribution in [2.45, 2.75) is 72.1 Å². The Morgan fingerprint density at radius 3 is 2.50 bits per heavy atom. The van der Waals surface area contributed by atoms with Gasteiger partial charge in [0, 0.05) is 0 Å². The van der Waals surface area contributed by atoms with Crippen LogP contribution in [0.4, 0.5) is 0 Å². The minimum absolute atomic E-state index is 0.602. The topological polar surface area (TPSA) is 12.0 Å². The first kappa shape index (κ1) is 14.9. The lowest BCUT2D eigenvalue weighted by Crippen LogP contribution is -2.37. The molecule has 0 amide bonds. The average molecular weight is 277 g/mol. The molecule has 1 nitrogen and oxygen atoms in total. The van der Waals surface area contributed by atoms with Gasteiger partial charge in [0.1, 0.15) is 0 Å². The van der Waals surface area contributed by atoms with Gasteiger partial charge >= 0.3 is 0 Å². The highest BCUT2D eigenvalue weighted by molar-refractivity contribution is 4.94. The van der Waals surface area contributed by atoms with Gasteiger partial charge in [-0.3, -0.25) is 0 Å². The van der Waals surface area contributed by atoms with Crippen LogP contribution in [0.1, 0.15) is 72.1 Å². The summed E-state index contributed by atoms with van der Waals surface area (Å²) < 4.78 is 0. The van der Waals surface area contributed by atoms with Crippen LogP contribution in [-0.4, -0.2) is 13.1 Å². The van der Waals surface area contributed by atoms with Crippen molar-refractivity contribution in [3.63, 3.8) is 0 Å². The van der Waals surface area contributed by atoms with Crippen molar-refractivity contribution < 1.29 is 0 Å². The molecule has 5 atom stereocenters. The van der Waals surface area contributed by atoms with E-state index in [1.54, 1.807) is 32.1 Å². The summed E-state index contributed by atoms with van der Waals surface area (Å²) in [7, 11) is 0. The van der Waals surface area contributed by atoms with Crippen LogP contribution < -0.4 is 5.32 Å². The van der Waals surface area contributed by atoms with Crippen molar-refractivity contribution in [3.8, 4) is 0 Å².